The Labute approximate surface area is 126 Å². The number of anilines is 1. The smallest absolute Gasteiger partial charge is 0.154 e. The van der Waals surface area contributed by atoms with Crippen LogP contribution in [0.15, 0.2) is 42.5 Å². The maximum atomic E-state index is 6.10. The fraction of sp³-hybridized carbons (Fsp3) is 0.333. The lowest BCUT2D eigenvalue weighted by molar-refractivity contribution is 0.318. The largest absolute Gasteiger partial charge is 0.491 e. The van der Waals surface area contributed by atoms with Crippen molar-refractivity contribution in [2.75, 3.05) is 12.3 Å². The molecular formula is C18H23NO2. The lowest BCUT2D eigenvalue weighted by Crippen LogP contribution is -2.00. The first-order valence-corrected chi connectivity index (χ1v) is 7.52. The number of benzene rings is 2. The van der Waals surface area contributed by atoms with E-state index < -0.39 is 0 Å². The highest BCUT2D eigenvalue weighted by Gasteiger charge is 2.08. The molecule has 3 nitrogen and oxygen atoms in total. The Balaban J connectivity index is 2.11. The minimum absolute atomic E-state index is 0.545. The Kier molecular flexibility index (Phi) is 5.50. The summed E-state index contributed by atoms with van der Waals surface area (Å²) >= 11 is 0. The quantitative estimate of drug-likeness (QED) is 0.743. The van der Waals surface area contributed by atoms with Crippen molar-refractivity contribution in [3.63, 3.8) is 0 Å². The van der Waals surface area contributed by atoms with E-state index in [-0.39, 0.29) is 0 Å². The van der Waals surface area contributed by atoms with Crippen molar-refractivity contribution in [3.8, 4) is 17.2 Å². The average molecular weight is 285 g/mol. The van der Waals surface area contributed by atoms with Gasteiger partial charge in [0, 0.05) is 0 Å². The Bertz CT molecular complexity index is 564. The first-order chi connectivity index (χ1) is 10.2. The second-order valence-corrected chi connectivity index (χ2v) is 5.01. The van der Waals surface area contributed by atoms with Gasteiger partial charge in [-0.2, -0.15) is 0 Å². The molecule has 0 aromatic heterocycles. The average Bonchev–Trinajstić information content (AvgIpc) is 2.50. The lowest BCUT2D eigenvalue weighted by atomic mass is 10.1. The minimum atomic E-state index is 0.545. The minimum Gasteiger partial charge on any atom is -0.491 e. The first kappa shape index (κ1) is 15.2. The molecule has 0 bridgehead atoms. The molecule has 0 radical (unpaired) electrons. The molecule has 112 valence electrons. The number of rotatable bonds is 7. The third-order valence-corrected chi connectivity index (χ3v) is 3.18. The Morgan fingerprint density at radius 3 is 2.29 bits per heavy atom. The van der Waals surface area contributed by atoms with E-state index in [1.807, 2.05) is 30.3 Å². The number of hydrogen-bond donors (Lipinski definition) is 1. The maximum absolute atomic E-state index is 6.10. The summed E-state index contributed by atoms with van der Waals surface area (Å²) in [7, 11) is 0. The SMILES string of the molecule is CCCOc1cccc(Oc2ccc(CCC)cc2)c1N. The van der Waals surface area contributed by atoms with Gasteiger partial charge >= 0.3 is 0 Å². The molecule has 0 unspecified atom stereocenters. The Hall–Kier alpha value is -2.16. The van der Waals surface area contributed by atoms with E-state index in [2.05, 4.69) is 26.0 Å². The molecule has 0 amide bonds. The first-order valence-electron chi connectivity index (χ1n) is 7.52. The Morgan fingerprint density at radius 2 is 1.62 bits per heavy atom. The molecule has 3 heteroatoms. The van der Waals surface area contributed by atoms with E-state index in [4.69, 9.17) is 15.2 Å². The zero-order valence-electron chi connectivity index (χ0n) is 12.8. The van der Waals surface area contributed by atoms with Crippen LogP contribution < -0.4 is 15.2 Å². The molecule has 0 atom stereocenters. The summed E-state index contributed by atoms with van der Waals surface area (Å²) in [6, 6.07) is 13.7. The standard InChI is InChI=1S/C18H23NO2/c1-3-6-14-9-11-15(12-10-14)21-17-8-5-7-16(18(17)19)20-13-4-2/h5,7-12H,3-4,6,13,19H2,1-2H3. The molecule has 2 N–H and O–H groups in total. The molecule has 2 rings (SSSR count). The van der Waals surface area contributed by atoms with Crippen LogP contribution in [0, 0.1) is 0 Å². The summed E-state index contributed by atoms with van der Waals surface area (Å²) in [4.78, 5) is 0. The van der Waals surface area contributed by atoms with Crippen LogP contribution in [0.5, 0.6) is 17.2 Å². The van der Waals surface area contributed by atoms with E-state index >= 15 is 0 Å². The molecule has 0 aliphatic heterocycles. The predicted molar refractivity (Wildman–Crippen MR) is 87.2 cm³/mol. The third-order valence-electron chi connectivity index (χ3n) is 3.18. The lowest BCUT2D eigenvalue weighted by Gasteiger charge is -2.13. The van der Waals surface area contributed by atoms with Crippen molar-refractivity contribution in [2.24, 2.45) is 0 Å². The topological polar surface area (TPSA) is 44.5 Å². The van der Waals surface area contributed by atoms with E-state index in [0.29, 0.717) is 23.8 Å². The van der Waals surface area contributed by atoms with E-state index in [1.54, 1.807) is 0 Å². The van der Waals surface area contributed by atoms with Crippen LogP contribution in [-0.2, 0) is 6.42 Å². The van der Waals surface area contributed by atoms with Gasteiger partial charge in [-0.05, 0) is 42.7 Å². The molecule has 0 heterocycles. The molecule has 0 aliphatic rings. The summed E-state index contributed by atoms with van der Waals surface area (Å²) in [6.07, 6.45) is 3.18. The molecule has 2 aromatic carbocycles. The normalized spacial score (nSPS) is 10.4. The summed E-state index contributed by atoms with van der Waals surface area (Å²) in [6.45, 7) is 4.89. The van der Waals surface area contributed by atoms with Gasteiger partial charge in [0.25, 0.3) is 0 Å². The van der Waals surface area contributed by atoms with Gasteiger partial charge in [-0.25, -0.2) is 0 Å². The predicted octanol–water partition coefficient (Wildman–Crippen LogP) is 4.80. The molecule has 0 aliphatic carbocycles. The Morgan fingerprint density at radius 1 is 0.905 bits per heavy atom. The molecule has 21 heavy (non-hydrogen) atoms. The van der Waals surface area contributed by atoms with Crippen LogP contribution in [0.2, 0.25) is 0 Å². The van der Waals surface area contributed by atoms with Crippen LogP contribution in [0.4, 0.5) is 5.69 Å². The van der Waals surface area contributed by atoms with Gasteiger partial charge in [0.1, 0.15) is 17.2 Å². The molecule has 0 saturated heterocycles. The van der Waals surface area contributed by atoms with Crippen LogP contribution in [-0.4, -0.2) is 6.61 Å². The van der Waals surface area contributed by atoms with Crippen molar-refractivity contribution in [3.05, 3.63) is 48.0 Å². The molecule has 0 fully saturated rings. The number of nitrogen functional groups attached to an aromatic ring is 1. The zero-order chi connectivity index (χ0) is 15.1. The van der Waals surface area contributed by atoms with Crippen molar-refractivity contribution in [1.29, 1.82) is 0 Å². The van der Waals surface area contributed by atoms with E-state index in [1.165, 1.54) is 5.56 Å². The van der Waals surface area contributed by atoms with Crippen LogP contribution in [0.3, 0.4) is 0 Å². The van der Waals surface area contributed by atoms with Crippen molar-refractivity contribution >= 4 is 5.69 Å². The fourth-order valence-electron chi connectivity index (χ4n) is 2.09. The summed E-state index contributed by atoms with van der Waals surface area (Å²) < 4.78 is 11.5. The van der Waals surface area contributed by atoms with E-state index in [0.717, 1.165) is 25.0 Å². The highest BCUT2D eigenvalue weighted by molar-refractivity contribution is 5.63. The summed E-state index contributed by atoms with van der Waals surface area (Å²) in [5.74, 6) is 2.10. The molecule has 0 spiro atoms. The van der Waals surface area contributed by atoms with Gasteiger partial charge in [0.2, 0.25) is 0 Å². The number of aryl methyl sites for hydroxylation is 1. The van der Waals surface area contributed by atoms with Crippen molar-refractivity contribution in [1.82, 2.24) is 0 Å². The summed E-state index contributed by atoms with van der Waals surface area (Å²) in [5, 5.41) is 0. The van der Waals surface area contributed by atoms with Gasteiger partial charge < -0.3 is 15.2 Å². The zero-order valence-corrected chi connectivity index (χ0v) is 12.8. The van der Waals surface area contributed by atoms with Crippen LogP contribution in [0.1, 0.15) is 32.3 Å². The van der Waals surface area contributed by atoms with Crippen molar-refractivity contribution in [2.45, 2.75) is 33.1 Å². The van der Waals surface area contributed by atoms with Crippen molar-refractivity contribution < 1.29 is 9.47 Å². The summed E-state index contributed by atoms with van der Waals surface area (Å²) in [5.41, 5.74) is 7.96. The van der Waals surface area contributed by atoms with Crippen LogP contribution >= 0.6 is 0 Å². The highest BCUT2D eigenvalue weighted by atomic mass is 16.5. The number of ether oxygens (including phenoxy) is 2. The monoisotopic (exact) mass is 285 g/mol. The highest BCUT2D eigenvalue weighted by Crippen LogP contribution is 2.34. The van der Waals surface area contributed by atoms with Gasteiger partial charge in [-0.3, -0.25) is 0 Å². The van der Waals surface area contributed by atoms with Crippen LogP contribution in [0.25, 0.3) is 0 Å². The second-order valence-electron chi connectivity index (χ2n) is 5.01. The molecule has 0 saturated carbocycles. The van der Waals surface area contributed by atoms with Gasteiger partial charge in [0.05, 0.1) is 6.61 Å². The van der Waals surface area contributed by atoms with Gasteiger partial charge in [-0.1, -0.05) is 38.5 Å². The fourth-order valence-corrected chi connectivity index (χ4v) is 2.09. The molecule has 2 aromatic rings. The second kappa shape index (κ2) is 7.58. The van der Waals surface area contributed by atoms with Gasteiger partial charge in [-0.15, -0.1) is 0 Å². The number of hydrogen-bond acceptors (Lipinski definition) is 3. The number of para-hydroxylation sites is 1. The van der Waals surface area contributed by atoms with E-state index in [9.17, 15) is 0 Å². The van der Waals surface area contributed by atoms with Gasteiger partial charge in [0.15, 0.2) is 5.75 Å². The third kappa shape index (κ3) is 4.15. The maximum Gasteiger partial charge on any atom is 0.154 e. The number of nitrogens with two attached hydrogens (primary N) is 1. The molecular weight excluding hydrogens is 262 g/mol.